The number of unbranched alkanes of at least 4 members (excludes halogenated alkanes) is 2. The van der Waals surface area contributed by atoms with E-state index in [1.807, 2.05) is 0 Å². The van der Waals surface area contributed by atoms with E-state index in [1.54, 1.807) is 24.3 Å². The number of carbonyl (C=O) groups is 1. The van der Waals surface area contributed by atoms with Crippen molar-refractivity contribution in [2.45, 2.75) is 26.2 Å². The second kappa shape index (κ2) is 8.08. The molecule has 0 spiro atoms. The van der Waals surface area contributed by atoms with E-state index in [1.165, 1.54) is 18.2 Å². The molecule has 0 saturated heterocycles. The number of hydrogen-bond donors (Lipinski definition) is 3. The Hall–Kier alpha value is -2.69. The van der Waals surface area contributed by atoms with Gasteiger partial charge in [0, 0.05) is 11.6 Å². The van der Waals surface area contributed by atoms with Crippen LogP contribution in [0, 0.1) is 0 Å². The minimum Gasteiger partial charge on any atom is -0.508 e. The van der Waals surface area contributed by atoms with E-state index in [0.29, 0.717) is 12.2 Å². The van der Waals surface area contributed by atoms with Crippen LogP contribution in [-0.4, -0.2) is 22.7 Å². The molecule has 122 valence electrons. The molecule has 0 atom stereocenters. The number of phenolic OH excluding ortho intramolecular Hbond substituents is 2. The fourth-order valence-electron chi connectivity index (χ4n) is 2.06. The number of rotatable bonds is 7. The molecule has 0 unspecified atom stereocenters. The lowest BCUT2D eigenvalue weighted by Gasteiger charge is -2.09. The van der Waals surface area contributed by atoms with Crippen LogP contribution in [-0.2, 0) is 0 Å². The third kappa shape index (κ3) is 4.92. The van der Waals surface area contributed by atoms with Gasteiger partial charge >= 0.3 is 0 Å². The van der Waals surface area contributed by atoms with Gasteiger partial charge in [-0.05, 0) is 42.8 Å². The van der Waals surface area contributed by atoms with E-state index >= 15 is 0 Å². The largest absolute Gasteiger partial charge is 0.508 e. The molecule has 0 heterocycles. The summed E-state index contributed by atoms with van der Waals surface area (Å²) in [4.78, 5) is 12.1. The Bertz CT molecular complexity index is 653. The first-order chi connectivity index (χ1) is 11.1. The van der Waals surface area contributed by atoms with Crippen LogP contribution in [0.1, 0.15) is 36.5 Å². The van der Waals surface area contributed by atoms with E-state index in [2.05, 4.69) is 12.2 Å². The van der Waals surface area contributed by atoms with Crippen LogP contribution in [0.15, 0.2) is 42.5 Å². The lowest BCUT2D eigenvalue weighted by Crippen LogP contribution is -2.11. The molecule has 1 amide bonds. The van der Waals surface area contributed by atoms with Crippen molar-refractivity contribution in [3.63, 3.8) is 0 Å². The fraction of sp³-hybridized carbons (Fsp3) is 0.278. The second-order valence-electron chi connectivity index (χ2n) is 5.24. The molecule has 0 radical (unpaired) electrons. The van der Waals surface area contributed by atoms with Gasteiger partial charge in [0.05, 0.1) is 12.3 Å². The molecule has 2 aromatic rings. The summed E-state index contributed by atoms with van der Waals surface area (Å²) < 4.78 is 5.59. The number of anilines is 1. The zero-order valence-electron chi connectivity index (χ0n) is 13.1. The van der Waals surface area contributed by atoms with Gasteiger partial charge in [0.1, 0.15) is 17.2 Å². The van der Waals surface area contributed by atoms with E-state index in [4.69, 9.17) is 4.74 Å². The predicted molar refractivity (Wildman–Crippen MR) is 89.2 cm³/mol. The molecule has 5 nitrogen and oxygen atoms in total. The molecule has 0 aliphatic carbocycles. The number of phenols is 2. The summed E-state index contributed by atoms with van der Waals surface area (Å²) in [5.41, 5.74) is 0.700. The van der Waals surface area contributed by atoms with E-state index < -0.39 is 0 Å². The quantitative estimate of drug-likeness (QED) is 0.411. The normalized spacial score (nSPS) is 10.3. The summed E-state index contributed by atoms with van der Waals surface area (Å²) in [7, 11) is 0. The highest BCUT2D eigenvalue weighted by molar-refractivity contribution is 6.05. The van der Waals surface area contributed by atoms with Gasteiger partial charge < -0.3 is 20.3 Å². The maximum absolute atomic E-state index is 12.1. The minimum absolute atomic E-state index is 0.0647. The summed E-state index contributed by atoms with van der Waals surface area (Å²) in [6.45, 7) is 2.81. The van der Waals surface area contributed by atoms with Crippen molar-refractivity contribution >= 4 is 11.6 Å². The zero-order chi connectivity index (χ0) is 16.7. The Morgan fingerprint density at radius 2 is 1.83 bits per heavy atom. The molecule has 0 bridgehead atoms. The lowest BCUT2D eigenvalue weighted by molar-refractivity contribution is 0.102. The number of nitrogens with one attached hydrogen (secondary N) is 1. The average molecular weight is 315 g/mol. The molecule has 2 rings (SSSR count). The molecular formula is C18H21NO4. The molecule has 5 heteroatoms. The van der Waals surface area contributed by atoms with Gasteiger partial charge in [-0.3, -0.25) is 4.79 Å². The van der Waals surface area contributed by atoms with Crippen molar-refractivity contribution < 1.29 is 19.7 Å². The monoisotopic (exact) mass is 315 g/mol. The van der Waals surface area contributed by atoms with Gasteiger partial charge in [-0.25, -0.2) is 0 Å². The minimum atomic E-state index is -0.344. The maximum atomic E-state index is 12.1. The highest BCUT2D eigenvalue weighted by Crippen LogP contribution is 2.27. The number of ether oxygens (including phenoxy) is 1. The van der Waals surface area contributed by atoms with Gasteiger partial charge in [-0.1, -0.05) is 19.8 Å². The van der Waals surface area contributed by atoms with E-state index in [9.17, 15) is 15.0 Å². The topological polar surface area (TPSA) is 78.8 Å². The first kappa shape index (κ1) is 16.7. The predicted octanol–water partition coefficient (Wildman–Crippen LogP) is 3.92. The fourth-order valence-corrected chi connectivity index (χ4v) is 2.06. The molecule has 0 fully saturated rings. The van der Waals surface area contributed by atoms with E-state index in [0.717, 1.165) is 25.0 Å². The van der Waals surface area contributed by atoms with Crippen molar-refractivity contribution in [2.24, 2.45) is 0 Å². The van der Waals surface area contributed by atoms with Crippen LogP contribution < -0.4 is 10.1 Å². The highest BCUT2D eigenvalue weighted by Gasteiger charge is 2.09. The zero-order valence-corrected chi connectivity index (χ0v) is 13.1. The Morgan fingerprint density at radius 3 is 2.48 bits per heavy atom. The highest BCUT2D eigenvalue weighted by atomic mass is 16.5. The van der Waals surface area contributed by atoms with Crippen molar-refractivity contribution in [1.82, 2.24) is 0 Å². The molecule has 0 saturated carbocycles. The first-order valence-electron chi connectivity index (χ1n) is 7.66. The second-order valence-corrected chi connectivity index (χ2v) is 5.24. The van der Waals surface area contributed by atoms with Crippen molar-refractivity contribution in [2.75, 3.05) is 11.9 Å². The van der Waals surface area contributed by atoms with Gasteiger partial charge in [0.25, 0.3) is 5.91 Å². The number of amides is 1. The summed E-state index contributed by atoms with van der Waals surface area (Å²) in [5.74, 6) is 0.132. The Labute approximate surface area is 135 Å². The molecule has 23 heavy (non-hydrogen) atoms. The average Bonchev–Trinajstić information content (AvgIpc) is 2.55. The van der Waals surface area contributed by atoms with Gasteiger partial charge in [0.2, 0.25) is 0 Å². The van der Waals surface area contributed by atoms with Crippen molar-refractivity contribution in [3.05, 3.63) is 48.0 Å². The molecule has 0 aromatic heterocycles. The Morgan fingerprint density at radius 1 is 1.09 bits per heavy atom. The van der Waals surface area contributed by atoms with Crippen LogP contribution in [0.5, 0.6) is 17.2 Å². The van der Waals surface area contributed by atoms with E-state index in [-0.39, 0.29) is 23.1 Å². The Kier molecular flexibility index (Phi) is 5.86. The summed E-state index contributed by atoms with van der Waals surface area (Å²) in [6.07, 6.45) is 3.29. The summed E-state index contributed by atoms with van der Waals surface area (Å²) in [5, 5.41) is 21.5. The number of hydrogen-bond acceptors (Lipinski definition) is 4. The number of carbonyl (C=O) groups excluding carboxylic acids is 1. The lowest BCUT2D eigenvalue weighted by atomic mass is 10.2. The first-order valence-corrected chi connectivity index (χ1v) is 7.66. The number of benzene rings is 2. The smallest absolute Gasteiger partial charge is 0.255 e. The maximum Gasteiger partial charge on any atom is 0.255 e. The SMILES string of the molecule is CCCCCOc1ccc(C(=O)Nc2ccc(O)cc2O)cc1. The van der Waals surface area contributed by atoms with Crippen LogP contribution in [0.2, 0.25) is 0 Å². The van der Waals surface area contributed by atoms with Gasteiger partial charge in [-0.15, -0.1) is 0 Å². The Balaban J connectivity index is 1.94. The van der Waals surface area contributed by atoms with Crippen molar-refractivity contribution in [3.8, 4) is 17.2 Å². The molecular weight excluding hydrogens is 294 g/mol. The van der Waals surface area contributed by atoms with Crippen LogP contribution in [0.4, 0.5) is 5.69 Å². The third-order valence-corrected chi connectivity index (χ3v) is 3.36. The van der Waals surface area contributed by atoms with Crippen molar-refractivity contribution in [1.29, 1.82) is 0 Å². The summed E-state index contributed by atoms with van der Waals surface area (Å²) >= 11 is 0. The van der Waals surface area contributed by atoms with Gasteiger partial charge in [0.15, 0.2) is 0 Å². The standard InChI is InChI=1S/C18H21NO4/c1-2-3-4-11-23-15-8-5-13(6-9-15)18(22)19-16-10-7-14(20)12-17(16)21/h5-10,12,20-21H,2-4,11H2,1H3,(H,19,22). The van der Waals surface area contributed by atoms with Crippen LogP contribution in [0.25, 0.3) is 0 Å². The third-order valence-electron chi connectivity index (χ3n) is 3.36. The van der Waals surface area contributed by atoms with Crippen LogP contribution >= 0.6 is 0 Å². The summed E-state index contributed by atoms with van der Waals surface area (Å²) in [6, 6.07) is 10.8. The molecule has 0 aliphatic heterocycles. The van der Waals surface area contributed by atoms with Crippen LogP contribution in [0.3, 0.4) is 0 Å². The van der Waals surface area contributed by atoms with Gasteiger partial charge in [-0.2, -0.15) is 0 Å². The molecule has 0 aliphatic rings. The molecule has 2 aromatic carbocycles. The number of aromatic hydroxyl groups is 2. The molecule has 3 N–H and O–H groups in total.